The zero-order chi connectivity index (χ0) is 10.7. The molecule has 1 aliphatic rings. The SMILES string of the molecule is COc1nc(N)ccc1C1CCNCC1. The van der Waals surface area contributed by atoms with E-state index in [1.165, 1.54) is 5.56 Å². The predicted molar refractivity (Wildman–Crippen MR) is 60.0 cm³/mol. The molecule has 2 rings (SSSR count). The molecule has 0 bridgehead atoms. The molecule has 0 spiro atoms. The van der Waals surface area contributed by atoms with Gasteiger partial charge in [-0.15, -0.1) is 0 Å². The Hall–Kier alpha value is -1.29. The highest BCUT2D eigenvalue weighted by molar-refractivity contribution is 5.39. The molecule has 0 unspecified atom stereocenters. The summed E-state index contributed by atoms with van der Waals surface area (Å²) in [7, 11) is 1.65. The number of nitrogens with one attached hydrogen (secondary N) is 1. The summed E-state index contributed by atoms with van der Waals surface area (Å²) < 4.78 is 5.27. The number of nitrogens with two attached hydrogens (primary N) is 1. The van der Waals surface area contributed by atoms with Crippen molar-refractivity contribution in [3.05, 3.63) is 17.7 Å². The lowest BCUT2D eigenvalue weighted by Gasteiger charge is -2.23. The number of rotatable bonds is 2. The number of piperidine rings is 1. The van der Waals surface area contributed by atoms with Crippen molar-refractivity contribution in [1.82, 2.24) is 10.3 Å². The molecule has 82 valence electrons. The third-order valence-corrected chi connectivity index (χ3v) is 2.88. The molecule has 0 aromatic carbocycles. The normalized spacial score (nSPS) is 17.7. The molecular weight excluding hydrogens is 190 g/mol. The minimum atomic E-state index is 0.518. The van der Waals surface area contributed by atoms with E-state index in [1.54, 1.807) is 7.11 Å². The van der Waals surface area contributed by atoms with Gasteiger partial charge in [0, 0.05) is 5.56 Å². The Morgan fingerprint density at radius 1 is 1.40 bits per heavy atom. The highest BCUT2D eigenvalue weighted by Gasteiger charge is 2.19. The first-order valence-electron chi connectivity index (χ1n) is 5.32. The van der Waals surface area contributed by atoms with Gasteiger partial charge in [-0.2, -0.15) is 4.98 Å². The fraction of sp³-hybridized carbons (Fsp3) is 0.545. The van der Waals surface area contributed by atoms with Crippen LogP contribution in [0.5, 0.6) is 5.88 Å². The van der Waals surface area contributed by atoms with Crippen LogP contribution in [-0.4, -0.2) is 25.2 Å². The molecule has 0 aliphatic carbocycles. The van der Waals surface area contributed by atoms with Crippen molar-refractivity contribution in [3.8, 4) is 5.88 Å². The molecule has 0 atom stereocenters. The van der Waals surface area contributed by atoms with Crippen LogP contribution < -0.4 is 15.8 Å². The third-order valence-electron chi connectivity index (χ3n) is 2.88. The van der Waals surface area contributed by atoms with Crippen molar-refractivity contribution in [1.29, 1.82) is 0 Å². The molecule has 0 radical (unpaired) electrons. The van der Waals surface area contributed by atoms with E-state index in [-0.39, 0.29) is 0 Å². The number of aromatic nitrogens is 1. The molecule has 1 aromatic rings. The Kier molecular flexibility index (Phi) is 3.06. The lowest BCUT2D eigenvalue weighted by atomic mass is 9.91. The zero-order valence-corrected chi connectivity index (χ0v) is 8.99. The number of hydrogen-bond acceptors (Lipinski definition) is 4. The van der Waals surface area contributed by atoms with Crippen molar-refractivity contribution in [2.75, 3.05) is 25.9 Å². The minimum Gasteiger partial charge on any atom is -0.481 e. The van der Waals surface area contributed by atoms with Crippen LogP contribution in [0, 0.1) is 0 Å². The fourth-order valence-electron chi connectivity index (χ4n) is 2.07. The van der Waals surface area contributed by atoms with Crippen LogP contribution in [0.4, 0.5) is 5.82 Å². The Bertz CT molecular complexity index is 335. The predicted octanol–water partition coefficient (Wildman–Crippen LogP) is 1.14. The molecule has 4 heteroatoms. The first-order chi connectivity index (χ1) is 7.31. The molecule has 1 aliphatic heterocycles. The molecule has 0 saturated carbocycles. The Morgan fingerprint density at radius 3 is 2.80 bits per heavy atom. The first-order valence-corrected chi connectivity index (χ1v) is 5.32. The van der Waals surface area contributed by atoms with E-state index in [9.17, 15) is 0 Å². The number of pyridine rings is 1. The van der Waals surface area contributed by atoms with E-state index in [4.69, 9.17) is 10.5 Å². The van der Waals surface area contributed by atoms with Gasteiger partial charge in [0.1, 0.15) is 5.82 Å². The van der Waals surface area contributed by atoms with Crippen LogP contribution in [0.2, 0.25) is 0 Å². The summed E-state index contributed by atoms with van der Waals surface area (Å²) in [6.45, 7) is 2.14. The number of ether oxygens (including phenoxy) is 1. The highest BCUT2D eigenvalue weighted by atomic mass is 16.5. The Morgan fingerprint density at radius 2 is 2.13 bits per heavy atom. The summed E-state index contributed by atoms with van der Waals surface area (Å²) in [6.07, 6.45) is 2.28. The molecular formula is C11H17N3O. The number of nitrogens with zero attached hydrogens (tertiary/aromatic N) is 1. The number of hydrogen-bond donors (Lipinski definition) is 2. The standard InChI is InChI=1S/C11H17N3O/c1-15-11-9(2-3-10(12)14-11)8-4-6-13-7-5-8/h2-3,8,13H,4-7H2,1H3,(H2,12,14). The average Bonchev–Trinajstić information content (AvgIpc) is 2.30. The summed E-state index contributed by atoms with van der Waals surface area (Å²) >= 11 is 0. The Labute approximate surface area is 89.8 Å². The number of nitrogen functional groups attached to an aromatic ring is 1. The van der Waals surface area contributed by atoms with Gasteiger partial charge in [0.2, 0.25) is 5.88 Å². The van der Waals surface area contributed by atoms with Gasteiger partial charge in [-0.05, 0) is 44.0 Å². The first kappa shape index (κ1) is 10.2. The quantitative estimate of drug-likeness (QED) is 0.763. The van der Waals surface area contributed by atoms with Crippen molar-refractivity contribution in [2.45, 2.75) is 18.8 Å². The van der Waals surface area contributed by atoms with Crippen molar-refractivity contribution in [2.24, 2.45) is 0 Å². The minimum absolute atomic E-state index is 0.518. The van der Waals surface area contributed by atoms with E-state index in [0.717, 1.165) is 25.9 Å². The van der Waals surface area contributed by atoms with E-state index in [1.807, 2.05) is 12.1 Å². The summed E-state index contributed by atoms with van der Waals surface area (Å²) in [5.41, 5.74) is 6.82. The van der Waals surface area contributed by atoms with Gasteiger partial charge in [0.15, 0.2) is 0 Å². The molecule has 1 saturated heterocycles. The van der Waals surface area contributed by atoms with Gasteiger partial charge in [0.25, 0.3) is 0 Å². The van der Waals surface area contributed by atoms with Crippen molar-refractivity contribution < 1.29 is 4.74 Å². The number of anilines is 1. The second-order valence-electron chi connectivity index (χ2n) is 3.86. The van der Waals surface area contributed by atoms with Crippen LogP contribution in [0.15, 0.2) is 12.1 Å². The maximum absolute atomic E-state index is 5.63. The van der Waals surface area contributed by atoms with Crippen LogP contribution in [0.3, 0.4) is 0 Å². The summed E-state index contributed by atoms with van der Waals surface area (Å²) in [4.78, 5) is 4.20. The lowest BCUT2D eigenvalue weighted by molar-refractivity contribution is 0.377. The zero-order valence-electron chi connectivity index (χ0n) is 8.99. The molecule has 1 aromatic heterocycles. The van der Waals surface area contributed by atoms with Gasteiger partial charge >= 0.3 is 0 Å². The smallest absolute Gasteiger partial charge is 0.218 e. The lowest BCUT2D eigenvalue weighted by Crippen LogP contribution is -2.27. The topological polar surface area (TPSA) is 60.2 Å². The van der Waals surface area contributed by atoms with Gasteiger partial charge in [0.05, 0.1) is 7.11 Å². The van der Waals surface area contributed by atoms with Crippen molar-refractivity contribution >= 4 is 5.82 Å². The molecule has 1 fully saturated rings. The van der Waals surface area contributed by atoms with Gasteiger partial charge < -0.3 is 15.8 Å². The van der Waals surface area contributed by atoms with Crippen LogP contribution in [0.1, 0.15) is 24.3 Å². The Balaban J connectivity index is 2.25. The summed E-state index contributed by atoms with van der Waals surface area (Å²) in [5, 5.41) is 3.35. The molecule has 3 N–H and O–H groups in total. The third kappa shape index (κ3) is 2.21. The monoisotopic (exact) mass is 207 g/mol. The van der Waals surface area contributed by atoms with E-state index in [2.05, 4.69) is 10.3 Å². The second-order valence-corrected chi connectivity index (χ2v) is 3.86. The molecule has 2 heterocycles. The molecule has 4 nitrogen and oxygen atoms in total. The maximum Gasteiger partial charge on any atom is 0.218 e. The molecule has 15 heavy (non-hydrogen) atoms. The fourth-order valence-corrected chi connectivity index (χ4v) is 2.07. The van der Waals surface area contributed by atoms with Gasteiger partial charge in [-0.3, -0.25) is 0 Å². The summed E-state index contributed by atoms with van der Waals surface area (Å²) in [6, 6.07) is 3.89. The van der Waals surface area contributed by atoms with Crippen LogP contribution in [0.25, 0.3) is 0 Å². The second kappa shape index (κ2) is 4.49. The average molecular weight is 207 g/mol. The highest BCUT2D eigenvalue weighted by Crippen LogP contribution is 2.31. The van der Waals surface area contributed by atoms with E-state index >= 15 is 0 Å². The van der Waals surface area contributed by atoms with E-state index in [0.29, 0.717) is 17.6 Å². The number of methoxy groups -OCH3 is 1. The van der Waals surface area contributed by atoms with Gasteiger partial charge in [-0.25, -0.2) is 0 Å². The van der Waals surface area contributed by atoms with Crippen LogP contribution in [-0.2, 0) is 0 Å². The molecule has 0 amide bonds. The van der Waals surface area contributed by atoms with Crippen molar-refractivity contribution in [3.63, 3.8) is 0 Å². The largest absolute Gasteiger partial charge is 0.481 e. The maximum atomic E-state index is 5.63. The summed E-state index contributed by atoms with van der Waals surface area (Å²) in [5.74, 6) is 1.75. The van der Waals surface area contributed by atoms with Gasteiger partial charge in [-0.1, -0.05) is 0 Å². The van der Waals surface area contributed by atoms with Crippen LogP contribution >= 0.6 is 0 Å². The van der Waals surface area contributed by atoms with E-state index < -0.39 is 0 Å².